The monoisotopic (exact) mass is 208 g/mol. The minimum absolute atomic E-state index is 0.387. The summed E-state index contributed by atoms with van der Waals surface area (Å²) in [5.41, 5.74) is 1.07. The maximum absolute atomic E-state index is 7.25. The number of hydrogen-bond acceptors (Lipinski definition) is 4. The van der Waals surface area contributed by atoms with E-state index in [4.69, 9.17) is 10.2 Å². The predicted octanol–water partition coefficient (Wildman–Crippen LogP) is 2.53. The lowest BCUT2D eigenvalue weighted by Gasteiger charge is -1.98. The predicted molar refractivity (Wildman–Crippen MR) is 61.0 cm³/mol. The van der Waals surface area contributed by atoms with E-state index in [1.54, 1.807) is 0 Å². The third-order valence-corrected chi connectivity index (χ3v) is 2.08. The Bertz CT molecular complexity index is 311. The Hall–Kier alpha value is -1.29. The van der Waals surface area contributed by atoms with Crippen molar-refractivity contribution in [3.05, 3.63) is 35.9 Å². The average Bonchev–Trinajstić information content (AvgIpc) is 2.25. The molecule has 74 valence electrons. The van der Waals surface area contributed by atoms with Gasteiger partial charge in [0.1, 0.15) is 11.7 Å². The average molecular weight is 208 g/mol. The van der Waals surface area contributed by atoms with Gasteiger partial charge < -0.3 is 4.84 Å². The molecule has 1 aromatic rings. The summed E-state index contributed by atoms with van der Waals surface area (Å²) < 4.78 is 0. The molecule has 0 amide bonds. The normalized spacial score (nSPS) is 10.4. The minimum atomic E-state index is 0.387. The molecule has 0 aliphatic rings. The van der Waals surface area contributed by atoms with Crippen LogP contribution in [0.4, 0.5) is 0 Å². The molecule has 0 unspecified atom stereocenters. The van der Waals surface area contributed by atoms with E-state index >= 15 is 0 Å². The van der Waals surface area contributed by atoms with Crippen LogP contribution in [0.1, 0.15) is 5.56 Å². The fraction of sp³-hybridized carbons (Fsp3) is 0.200. The second kappa shape index (κ2) is 6.21. The third kappa shape index (κ3) is 4.09. The van der Waals surface area contributed by atoms with Gasteiger partial charge in [-0.05, 0) is 11.8 Å². The molecule has 1 aromatic carbocycles. The van der Waals surface area contributed by atoms with E-state index in [-0.39, 0.29) is 0 Å². The largest absolute Gasteiger partial charge is 0.391 e. The molecule has 4 heteroatoms. The lowest BCUT2D eigenvalue weighted by molar-refractivity contribution is 0.132. The highest BCUT2D eigenvalue weighted by Gasteiger charge is 1.90. The summed E-state index contributed by atoms with van der Waals surface area (Å²) in [7, 11) is 0. The van der Waals surface area contributed by atoms with E-state index in [0.717, 1.165) is 5.56 Å². The lowest BCUT2D eigenvalue weighted by Crippen LogP contribution is -1.92. The summed E-state index contributed by atoms with van der Waals surface area (Å²) in [4.78, 5) is 5.01. The molecule has 0 heterocycles. The first kappa shape index (κ1) is 10.8. The van der Waals surface area contributed by atoms with Gasteiger partial charge in [-0.25, -0.2) is 0 Å². The van der Waals surface area contributed by atoms with Gasteiger partial charge in [0, 0.05) is 0 Å². The molecule has 0 atom stereocenters. The zero-order chi connectivity index (χ0) is 10.2. The van der Waals surface area contributed by atoms with Crippen LogP contribution in [0, 0.1) is 5.41 Å². The second-order valence-electron chi connectivity index (χ2n) is 2.56. The van der Waals surface area contributed by atoms with E-state index in [2.05, 4.69) is 5.16 Å². The highest BCUT2D eigenvalue weighted by atomic mass is 32.2. The maximum Gasteiger partial charge on any atom is 0.142 e. The number of nitrogens with one attached hydrogen (secondary N) is 1. The van der Waals surface area contributed by atoms with Gasteiger partial charge in [-0.1, -0.05) is 35.5 Å². The molecule has 0 aliphatic heterocycles. The molecule has 0 saturated carbocycles. The van der Waals surface area contributed by atoms with Crippen molar-refractivity contribution in [2.24, 2.45) is 5.16 Å². The maximum atomic E-state index is 7.25. The summed E-state index contributed by atoms with van der Waals surface area (Å²) in [6.07, 6.45) is 3.22. The Balaban J connectivity index is 2.29. The quantitative estimate of drug-likeness (QED) is 0.469. The number of hydrogen-bond donors (Lipinski definition) is 1. The van der Waals surface area contributed by atoms with Crippen LogP contribution in [0.25, 0.3) is 0 Å². The number of nitrogens with zero attached hydrogens (tertiary/aromatic N) is 1. The third-order valence-electron chi connectivity index (χ3n) is 1.54. The van der Waals surface area contributed by atoms with Gasteiger partial charge in [0.25, 0.3) is 0 Å². The molecule has 0 saturated heterocycles. The van der Waals surface area contributed by atoms with E-state index in [1.807, 2.05) is 36.6 Å². The number of rotatable bonds is 4. The van der Waals surface area contributed by atoms with Crippen molar-refractivity contribution < 1.29 is 4.84 Å². The summed E-state index contributed by atoms with van der Waals surface area (Å²) in [6.45, 7) is 0.443. The van der Waals surface area contributed by atoms with E-state index in [9.17, 15) is 0 Å². The van der Waals surface area contributed by atoms with Gasteiger partial charge in [-0.15, -0.1) is 11.8 Å². The minimum Gasteiger partial charge on any atom is -0.391 e. The van der Waals surface area contributed by atoms with Crippen LogP contribution < -0.4 is 0 Å². The van der Waals surface area contributed by atoms with E-state index in [1.165, 1.54) is 18.0 Å². The highest BCUT2D eigenvalue weighted by molar-refractivity contribution is 8.14. The fourth-order valence-corrected chi connectivity index (χ4v) is 0.972. The van der Waals surface area contributed by atoms with Crippen LogP contribution in [-0.2, 0) is 11.4 Å². The standard InChI is InChI=1S/C10H12N2OS/c1-14-10(11)7-12-13-8-9-5-3-2-4-6-9/h2-7,11H,8H2,1H3/b11-10?,12-7+. The van der Waals surface area contributed by atoms with Gasteiger partial charge in [-0.3, -0.25) is 5.41 Å². The smallest absolute Gasteiger partial charge is 0.142 e. The summed E-state index contributed by atoms with van der Waals surface area (Å²) >= 11 is 1.33. The first-order valence-corrected chi connectivity index (χ1v) is 5.37. The summed E-state index contributed by atoms with van der Waals surface area (Å²) in [5.74, 6) is 0. The van der Waals surface area contributed by atoms with E-state index < -0.39 is 0 Å². The molecular formula is C10H12N2OS. The van der Waals surface area contributed by atoms with Crippen molar-refractivity contribution in [2.45, 2.75) is 6.61 Å². The van der Waals surface area contributed by atoms with Crippen LogP contribution in [0.15, 0.2) is 35.5 Å². The van der Waals surface area contributed by atoms with Crippen molar-refractivity contribution in [1.29, 1.82) is 5.41 Å². The number of oxime groups is 1. The van der Waals surface area contributed by atoms with Gasteiger partial charge in [-0.2, -0.15) is 0 Å². The Labute approximate surface area is 87.7 Å². The second-order valence-corrected chi connectivity index (χ2v) is 3.41. The molecule has 1 N–H and O–H groups in total. The fourth-order valence-electron chi connectivity index (χ4n) is 0.824. The molecule has 14 heavy (non-hydrogen) atoms. The number of thioether (sulfide) groups is 1. The number of benzene rings is 1. The van der Waals surface area contributed by atoms with Crippen molar-refractivity contribution >= 4 is 23.0 Å². The van der Waals surface area contributed by atoms with Crippen molar-refractivity contribution in [1.82, 2.24) is 0 Å². The van der Waals surface area contributed by atoms with Gasteiger partial charge in [0.15, 0.2) is 0 Å². The molecule has 0 bridgehead atoms. The molecule has 0 aliphatic carbocycles. The molecule has 0 fully saturated rings. The first-order valence-electron chi connectivity index (χ1n) is 4.14. The van der Waals surface area contributed by atoms with Crippen LogP contribution in [0.3, 0.4) is 0 Å². The molecule has 1 rings (SSSR count). The van der Waals surface area contributed by atoms with Gasteiger partial charge in [0.2, 0.25) is 0 Å². The van der Waals surface area contributed by atoms with Crippen LogP contribution in [0.5, 0.6) is 0 Å². The zero-order valence-corrected chi connectivity index (χ0v) is 8.75. The topological polar surface area (TPSA) is 45.4 Å². The molecular weight excluding hydrogens is 196 g/mol. The van der Waals surface area contributed by atoms with E-state index in [0.29, 0.717) is 11.7 Å². The molecule has 0 spiro atoms. The Morgan fingerprint density at radius 1 is 1.50 bits per heavy atom. The highest BCUT2D eigenvalue weighted by Crippen LogP contribution is 2.00. The molecule has 3 nitrogen and oxygen atoms in total. The molecule has 0 radical (unpaired) electrons. The lowest BCUT2D eigenvalue weighted by atomic mass is 10.2. The van der Waals surface area contributed by atoms with Crippen LogP contribution in [-0.4, -0.2) is 17.5 Å². The zero-order valence-electron chi connectivity index (χ0n) is 7.93. The Morgan fingerprint density at radius 3 is 2.86 bits per heavy atom. The van der Waals surface area contributed by atoms with Crippen molar-refractivity contribution in [3.8, 4) is 0 Å². The summed E-state index contributed by atoms with van der Waals surface area (Å²) in [6, 6.07) is 9.79. The van der Waals surface area contributed by atoms with Crippen molar-refractivity contribution in [3.63, 3.8) is 0 Å². The van der Waals surface area contributed by atoms with Crippen LogP contribution in [0.2, 0.25) is 0 Å². The Morgan fingerprint density at radius 2 is 2.21 bits per heavy atom. The SMILES string of the molecule is CSC(=N)/C=N/OCc1ccccc1. The molecule has 0 aromatic heterocycles. The van der Waals surface area contributed by atoms with Gasteiger partial charge in [0.05, 0.1) is 6.21 Å². The van der Waals surface area contributed by atoms with Gasteiger partial charge >= 0.3 is 0 Å². The van der Waals surface area contributed by atoms with Crippen molar-refractivity contribution in [2.75, 3.05) is 6.26 Å². The first-order chi connectivity index (χ1) is 6.83. The summed E-state index contributed by atoms with van der Waals surface area (Å²) in [5, 5.41) is 11.3. The Kier molecular flexibility index (Phi) is 4.78. The van der Waals surface area contributed by atoms with Crippen LogP contribution >= 0.6 is 11.8 Å².